The lowest BCUT2D eigenvalue weighted by molar-refractivity contribution is 0.0958. The molecule has 3 heteroatoms. The summed E-state index contributed by atoms with van der Waals surface area (Å²) in [6.45, 7) is 3.81. The topological polar surface area (TPSA) is 49.3 Å². The van der Waals surface area contributed by atoms with Crippen molar-refractivity contribution in [3.05, 3.63) is 29.3 Å². The third kappa shape index (κ3) is 3.03. The summed E-state index contributed by atoms with van der Waals surface area (Å²) in [6, 6.07) is 4.82. The molecule has 0 radical (unpaired) electrons. The van der Waals surface area contributed by atoms with Crippen LogP contribution in [0.1, 0.15) is 22.8 Å². The standard InChI is InChI=1S/C12H13NO2/c1-3-4-7-13-12(15)10-6-5-9(2)11(14)8-10/h5-6,8,14H,7H2,1-2H3,(H,13,15). The Morgan fingerprint density at radius 2 is 2.27 bits per heavy atom. The second-order valence-corrected chi connectivity index (χ2v) is 3.11. The van der Waals surface area contributed by atoms with Crippen molar-refractivity contribution in [1.29, 1.82) is 0 Å². The Hall–Kier alpha value is -1.95. The van der Waals surface area contributed by atoms with Crippen LogP contribution in [-0.4, -0.2) is 17.6 Å². The fourth-order valence-electron chi connectivity index (χ4n) is 1.07. The predicted molar refractivity (Wildman–Crippen MR) is 58.6 cm³/mol. The van der Waals surface area contributed by atoms with Gasteiger partial charge in [-0.2, -0.15) is 0 Å². The minimum Gasteiger partial charge on any atom is -0.508 e. The van der Waals surface area contributed by atoms with Gasteiger partial charge in [0.2, 0.25) is 0 Å². The van der Waals surface area contributed by atoms with Crippen molar-refractivity contribution in [3.63, 3.8) is 0 Å². The molecule has 0 saturated heterocycles. The number of hydrogen-bond donors (Lipinski definition) is 2. The van der Waals surface area contributed by atoms with Gasteiger partial charge in [0.25, 0.3) is 5.91 Å². The number of nitrogens with one attached hydrogen (secondary N) is 1. The van der Waals surface area contributed by atoms with Crippen LogP contribution in [0.4, 0.5) is 0 Å². The smallest absolute Gasteiger partial charge is 0.252 e. The summed E-state index contributed by atoms with van der Waals surface area (Å²) in [5.74, 6) is 5.31. The molecular weight excluding hydrogens is 190 g/mol. The summed E-state index contributed by atoms with van der Waals surface area (Å²) in [7, 11) is 0. The van der Waals surface area contributed by atoms with Crippen molar-refractivity contribution >= 4 is 5.91 Å². The van der Waals surface area contributed by atoms with E-state index in [9.17, 15) is 9.90 Å². The van der Waals surface area contributed by atoms with Crippen LogP contribution in [0.5, 0.6) is 5.75 Å². The van der Waals surface area contributed by atoms with Crippen LogP contribution >= 0.6 is 0 Å². The van der Waals surface area contributed by atoms with Crippen LogP contribution in [0, 0.1) is 18.8 Å². The predicted octanol–water partition coefficient (Wildman–Crippen LogP) is 1.45. The molecule has 0 saturated carbocycles. The maximum atomic E-state index is 11.5. The molecule has 1 amide bonds. The highest BCUT2D eigenvalue weighted by atomic mass is 16.3. The van der Waals surface area contributed by atoms with Crippen LogP contribution in [-0.2, 0) is 0 Å². The SMILES string of the molecule is CC#CCNC(=O)c1ccc(C)c(O)c1. The van der Waals surface area contributed by atoms with Gasteiger partial charge in [-0.1, -0.05) is 12.0 Å². The van der Waals surface area contributed by atoms with Crippen molar-refractivity contribution in [1.82, 2.24) is 5.32 Å². The molecule has 0 aromatic heterocycles. The number of benzene rings is 1. The summed E-state index contributed by atoms with van der Waals surface area (Å²) in [4.78, 5) is 11.5. The Morgan fingerprint density at radius 3 is 2.87 bits per heavy atom. The van der Waals surface area contributed by atoms with Crippen molar-refractivity contribution in [2.45, 2.75) is 13.8 Å². The molecule has 15 heavy (non-hydrogen) atoms. The molecular formula is C12H13NO2. The second kappa shape index (κ2) is 5.06. The molecule has 0 spiro atoms. The first-order chi connectivity index (χ1) is 7.15. The minimum absolute atomic E-state index is 0.129. The normalized spacial score (nSPS) is 8.93. The summed E-state index contributed by atoms with van der Waals surface area (Å²) in [5.41, 5.74) is 1.19. The number of hydrogen-bond acceptors (Lipinski definition) is 2. The van der Waals surface area contributed by atoms with Gasteiger partial charge in [0, 0.05) is 5.56 Å². The zero-order valence-corrected chi connectivity index (χ0v) is 8.79. The zero-order chi connectivity index (χ0) is 11.3. The lowest BCUT2D eigenvalue weighted by Crippen LogP contribution is -2.23. The molecule has 0 fully saturated rings. The molecule has 0 aliphatic heterocycles. The number of rotatable bonds is 2. The van der Waals surface area contributed by atoms with E-state index < -0.39 is 0 Å². The Labute approximate surface area is 89.1 Å². The maximum absolute atomic E-state index is 11.5. The molecule has 0 atom stereocenters. The van der Waals surface area contributed by atoms with Gasteiger partial charge in [-0.05, 0) is 31.5 Å². The summed E-state index contributed by atoms with van der Waals surface area (Å²) in [6.07, 6.45) is 0. The summed E-state index contributed by atoms with van der Waals surface area (Å²) in [5, 5.41) is 12.0. The third-order valence-corrected chi connectivity index (χ3v) is 1.99. The second-order valence-electron chi connectivity index (χ2n) is 3.11. The van der Waals surface area contributed by atoms with E-state index in [-0.39, 0.29) is 11.7 Å². The first-order valence-electron chi connectivity index (χ1n) is 4.62. The third-order valence-electron chi connectivity index (χ3n) is 1.99. The molecule has 3 nitrogen and oxygen atoms in total. The number of phenolic OH excluding ortho intramolecular Hbond substituents is 1. The van der Waals surface area contributed by atoms with Crippen LogP contribution in [0.3, 0.4) is 0 Å². The first-order valence-corrected chi connectivity index (χ1v) is 4.62. The van der Waals surface area contributed by atoms with E-state index in [2.05, 4.69) is 17.2 Å². The van der Waals surface area contributed by atoms with Gasteiger partial charge in [-0.3, -0.25) is 4.79 Å². The lowest BCUT2D eigenvalue weighted by Gasteiger charge is -2.03. The van der Waals surface area contributed by atoms with Gasteiger partial charge >= 0.3 is 0 Å². The maximum Gasteiger partial charge on any atom is 0.252 e. The average molecular weight is 203 g/mol. The van der Waals surface area contributed by atoms with Gasteiger partial charge in [-0.15, -0.1) is 5.92 Å². The van der Waals surface area contributed by atoms with E-state index in [1.165, 1.54) is 6.07 Å². The highest BCUT2D eigenvalue weighted by molar-refractivity contribution is 5.94. The van der Waals surface area contributed by atoms with Gasteiger partial charge in [0.15, 0.2) is 0 Å². The molecule has 0 aliphatic carbocycles. The van der Waals surface area contributed by atoms with Gasteiger partial charge in [-0.25, -0.2) is 0 Å². The van der Waals surface area contributed by atoms with E-state index in [4.69, 9.17) is 0 Å². The van der Waals surface area contributed by atoms with Gasteiger partial charge < -0.3 is 10.4 Å². The largest absolute Gasteiger partial charge is 0.508 e. The fourth-order valence-corrected chi connectivity index (χ4v) is 1.07. The van der Waals surface area contributed by atoms with Crippen LogP contribution < -0.4 is 5.32 Å². The van der Waals surface area contributed by atoms with Crippen LogP contribution in [0.25, 0.3) is 0 Å². The summed E-state index contributed by atoms with van der Waals surface area (Å²) < 4.78 is 0. The quantitative estimate of drug-likeness (QED) is 0.715. The average Bonchev–Trinajstić information content (AvgIpc) is 2.22. The Balaban J connectivity index is 2.72. The van der Waals surface area contributed by atoms with Crippen LogP contribution in [0.15, 0.2) is 18.2 Å². The van der Waals surface area contributed by atoms with E-state index in [1.54, 1.807) is 26.0 Å². The Bertz CT molecular complexity index is 427. The van der Waals surface area contributed by atoms with Crippen molar-refractivity contribution < 1.29 is 9.90 Å². The number of aryl methyl sites for hydroxylation is 1. The molecule has 0 heterocycles. The monoisotopic (exact) mass is 203 g/mol. The van der Waals surface area contributed by atoms with Crippen molar-refractivity contribution in [2.24, 2.45) is 0 Å². The molecule has 78 valence electrons. The Kier molecular flexibility index (Phi) is 3.75. The molecule has 1 aromatic rings. The molecule has 0 unspecified atom stereocenters. The number of phenols is 1. The van der Waals surface area contributed by atoms with Crippen LogP contribution in [0.2, 0.25) is 0 Å². The first kappa shape index (κ1) is 11.1. The van der Waals surface area contributed by atoms with E-state index >= 15 is 0 Å². The van der Waals surface area contributed by atoms with Gasteiger partial charge in [0.05, 0.1) is 6.54 Å². The highest BCUT2D eigenvalue weighted by Crippen LogP contribution is 2.17. The minimum atomic E-state index is -0.229. The van der Waals surface area contributed by atoms with Crippen molar-refractivity contribution in [3.8, 4) is 17.6 Å². The fraction of sp³-hybridized carbons (Fsp3) is 0.250. The molecule has 0 aliphatic rings. The summed E-state index contributed by atoms with van der Waals surface area (Å²) >= 11 is 0. The lowest BCUT2D eigenvalue weighted by atomic mass is 10.1. The van der Waals surface area contributed by atoms with Gasteiger partial charge in [0.1, 0.15) is 5.75 Å². The van der Waals surface area contributed by atoms with E-state index in [1.807, 2.05) is 0 Å². The molecule has 1 rings (SSSR count). The highest BCUT2D eigenvalue weighted by Gasteiger charge is 2.05. The number of amides is 1. The van der Waals surface area contributed by atoms with E-state index in [0.717, 1.165) is 5.56 Å². The molecule has 2 N–H and O–H groups in total. The molecule has 0 bridgehead atoms. The molecule has 1 aromatic carbocycles. The van der Waals surface area contributed by atoms with E-state index in [0.29, 0.717) is 12.1 Å². The Morgan fingerprint density at radius 1 is 1.53 bits per heavy atom. The number of aromatic hydroxyl groups is 1. The zero-order valence-electron chi connectivity index (χ0n) is 8.79. The van der Waals surface area contributed by atoms with Crippen molar-refractivity contribution in [2.75, 3.05) is 6.54 Å². The number of carbonyl (C=O) groups is 1. The number of carbonyl (C=O) groups excluding carboxylic acids is 1.